The summed E-state index contributed by atoms with van der Waals surface area (Å²) < 4.78 is 0. The molecular weight excluding hydrogens is 130 g/mol. The Bertz CT molecular complexity index is 95.8. The van der Waals surface area contributed by atoms with Crippen molar-refractivity contribution in [2.45, 2.75) is 25.0 Å². The van der Waals surface area contributed by atoms with Crippen molar-refractivity contribution in [3.05, 3.63) is 0 Å². The predicted molar refractivity (Wildman–Crippen MR) is 38.7 cm³/mol. The van der Waals surface area contributed by atoms with E-state index in [1.54, 1.807) is 0 Å². The second kappa shape index (κ2) is 3.32. The molecule has 3 nitrogen and oxygen atoms in total. The zero-order valence-corrected chi connectivity index (χ0v) is 6.32. The summed E-state index contributed by atoms with van der Waals surface area (Å²) in [5, 5.41) is 18.4. The number of rotatable bonds is 0. The van der Waals surface area contributed by atoms with Crippen LogP contribution in [0.15, 0.2) is 0 Å². The number of likely N-dealkylation sites (tertiary alicyclic amines) is 1. The zero-order valence-electron chi connectivity index (χ0n) is 6.32. The van der Waals surface area contributed by atoms with Crippen LogP contribution in [0.25, 0.3) is 0 Å². The number of aliphatic hydroxyl groups excluding tert-OH is 2. The van der Waals surface area contributed by atoms with E-state index in [2.05, 4.69) is 0 Å². The Hall–Kier alpha value is -0.120. The van der Waals surface area contributed by atoms with Crippen molar-refractivity contribution in [2.24, 2.45) is 0 Å². The third kappa shape index (κ3) is 2.25. The minimum absolute atomic E-state index is 0.306. The van der Waals surface area contributed by atoms with E-state index < -0.39 is 0 Å². The molecule has 0 bridgehead atoms. The maximum absolute atomic E-state index is 9.23. The van der Waals surface area contributed by atoms with Crippen molar-refractivity contribution >= 4 is 0 Å². The molecular formula is C7H15NO2. The van der Waals surface area contributed by atoms with E-state index in [1.807, 2.05) is 11.9 Å². The van der Waals surface area contributed by atoms with Crippen molar-refractivity contribution in [3.63, 3.8) is 0 Å². The number of nitrogens with zero attached hydrogens (tertiary/aromatic N) is 1. The fraction of sp³-hybridized carbons (Fsp3) is 1.00. The summed E-state index contributed by atoms with van der Waals surface area (Å²) in [5.41, 5.74) is 0. The molecule has 0 radical (unpaired) electrons. The third-order valence-corrected chi connectivity index (χ3v) is 1.91. The smallest absolute Gasteiger partial charge is 0.0691 e. The fourth-order valence-electron chi connectivity index (χ4n) is 1.33. The molecule has 60 valence electrons. The second-order valence-electron chi connectivity index (χ2n) is 3.09. The lowest BCUT2D eigenvalue weighted by atomic mass is 10.1. The van der Waals surface area contributed by atoms with Crippen LogP contribution in [0.3, 0.4) is 0 Å². The van der Waals surface area contributed by atoms with Gasteiger partial charge in [-0.25, -0.2) is 0 Å². The van der Waals surface area contributed by atoms with Gasteiger partial charge in [-0.05, 0) is 13.5 Å². The summed E-state index contributed by atoms with van der Waals surface area (Å²) in [7, 11) is 1.96. The first-order valence-corrected chi connectivity index (χ1v) is 3.73. The number of likely N-dealkylation sites (N-methyl/N-ethyl adjacent to an activating group) is 1. The summed E-state index contributed by atoms with van der Waals surface area (Å²) in [6.07, 6.45) is 0.667. The van der Waals surface area contributed by atoms with Crippen LogP contribution < -0.4 is 0 Å². The maximum Gasteiger partial charge on any atom is 0.0691 e. The van der Waals surface area contributed by atoms with Gasteiger partial charge in [0, 0.05) is 19.5 Å². The Morgan fingerprint density at radius 3 is 2.70 bits per heavy atom. The van der Waals surface area contributed by atoms with Crippen LogP contribution in [0.1, 0.15) is 12.8 Å². The first-order chi connectivity index (χ1) is 4.68. The van der Waals surface area contributed by atoms with Crippen LogP contribution in [-0.2, 0) is 0 Å². The summed E-state index contributed by atoms with van der Waals surface area (Å²) in [6, 6.07) is 0. The molecule has 0 amide bonds. The monoisotopic (exact) mass is 145 g/mol. The summed E-state index contributed by atoms with van der Waals surface area (Å²) in [6.45, 7) is 1.58. The zero-order chi connectivity index (χ0) is 7.56. The van der Waals surface area contributed by atoms with E-state index in [0.29, 0.717) is 13.0 Å². The molecule has 2 N–H and O–H groups in total. The molecule has 1 aliphatic heterocycles. The quantitative estimate of drug-likeness (QED) is 0.480. The molecule has 2 atom stereocenters. The minimum Gasteiger partial charge on any atom is -0.393 e. The lowest BCUT2D eigenvalue weighted by Gasteiger charge is -2.14. The molecule has 0 aromatic rings. The first kappa shape index (κ1) is 7.98. The number of hydrogen-bond acceptors (Lipinski definition) is 3. The van der Waals surface area contributed by atoms with Gasteiger partial charge < -0.3 is 15.1 Å². The van der Waals surface area contributed by atoms with Crippen molar-refractivity contribution in [1.82, 2.24) is 4.90 Å². The maximum atomic E-state index is 9.23. The lowest BCUT2D eigenvalue weighted by Crippen LogP contribution is -2.26. The van der Waals surface area contributed by atoms with Gasteiger partial charge >= 0.3 is 0 Å². The standard InChI is InChI=1S/C7H15NO2/c1-8-3-2-6(9)4-7(10)5-8/h6-7,9-10H,2-5H2,1H3. The molecule has 0 saturated carbocycles. The van der Waals surface area contributed by atoms with Gasteiger partial charge in [-0.15, -0.1) is 0 Å². The van der Waals surface area contributed by atoms with E-state index in [-0.39, 0.29) is 12.2 Å². The second-order valence-corrected chi connectivity index (χ2v) is 3.09. The molecule has 1 aliphatic rings. The topological polar surface area (TPSA) is 43.7 Å². The molecule has 1 saturated heterocycles. The van der Waals surface area contributed by atoms with Gasteiger partial charge in [0.05, 0.1) is 12.2 Å². The van der Waals surface area contributed by atoms with Crippen LogP contribution >= 0.6 is 0 Å². The van der Waals surface area contributed by atoms with E-state index in [0.717, 1.165) is 13.0 Å². The molecule has 0 aromatic carbocycles. The predicted octanol–water partition coefficient (Wildman–Crippen LogP) is -0.566. The van der Waals surface area contributed by atoms with Crippen LogP contribution in [0, 0.1) is 0 Å². The Morgan fingerprint density at radius 2 is 2.00 bits per heavy atom. The van der Waals surface area contributed by atoms with Gasteiger partial charge in [0.2, 0.25) is 0 Å². The van der Waals surface area contributed by atoms with Crippen LogP contribution in [-0.4, -0.2) is 47.5 Å². The molecule has 0 aliphatic carbocycles. The fourth-order valence-corrected chi connectivity index (χ4v) is 1.33. The molecule has 2 unspecified atom stereocenters. The average Bonchev–Trinajstić information content (AvgIpc) is 1.93. The molecule has 0 spiro atoms. The highest BCUT2D eigenvalue weighted by molar-refractivity contribution is 4.72. The number of β-amino-alcohol motifs (C(OH)–C–C–N with tert-alkyl or cyclic N) is 1. The van der Waals surface area contributed by atoms with Crippen molar-refractivity contribution in [2.75, 3.05) is 20.1 Å². The van der Waals surface area contributed by atoms with Crippen molar-refractivity contribution < 1.29 is 10.2 Å². The number of hydrogen-bond donors (Lipinski definition) is 2. The minimum atomic E-state index is -0.345. The molecule has 10 heavy (non-hydrogen) atoms. The van der Waals surface area contributed by atoms with Gasteiger partial charge in [0.15, 0.2) is 0 Å². The van der Waals surface area contributed by atoms with Crippen molar-refractivity contribution in [3.8, 4) is 0 Å². The highest BCUT2D eigenvalue weighted by Crippen LogP contribution is 2.09. The molecule has 1 rings (SSSR count). The van der Waals surface area contributed by atoms with Crippen molar-refractivity contribution in [1.29, 1.82) is 0 Å². The number of aliphatic hydroxyl groups is 2. The Labute approximate surface area is 61.3 Å². The van der Waals surface area contributed by atoms with Crippen LogP contribution in [0.2, 0.25) is 0 Å². The van der Waals surface area contributed by atoms with E-state index in [9.17, 15) is 10.2 Å². The van der Waals surface area contributed by atoms with Gasteiger partial charge in [0.25, 0.3) is 0 Å². The Kier molecular flexibility index (Phi) is 2.65. The van der Waals surface area contributed by atoms with E-state index in [1.165, 1.54) is 0 Å². The Morgan fingerprint density at radius 1 is 1.30 bits per heavy atom. The molecule has 1 fully saturated rings. The molecule has 1 heterocycles. The summed E-state index contributed by atoms with van der Waals surface area (Å²) in [5.74, 6) is 0. The lowest BCUT2D eigenvalue weighted by molar-refractivity contribution is 0.0858. The highest BCUT2D eigenvalue weighted by Gasteiger charge is 2.18. The van der Waals surface area contributed by atoms with E-state index >= 15 is 0 Å². The average molecular weight is 145 g/mol. The van der Waals surface area contributed by atoms with Gasteiger partial charge in [-0.1, -0.05) is 0 Å². The van der Waals surface area contributed by atoms with Crippen LogP contribution in [0.5, 0.6) is 0 Å². The van der Waals surface area contributed by atoms with Gasteiger partial charge in [-0.3, -0.25) is 0 Å². The third-order valence-electron chi connectivity index (χ3n) is 1.91. The van der Waals surface area contributed by atoms with Crippen LogP contribution in [0.4, 0.5) is 0 Å². The molecule has 0 aromatic heterocycles. The summed E-state index contributed by atoms with van der Waals surface area (Å²) in [4.78, 5) is 2.04. The summed E-state index contributed by atoms with van der Waals surface area (Å²) >= 11 is 0. The Balaban J connectivity index is 2.38. The SMILES string of the molecule is CN1CCC(O)CC(O)C1. The largest absolute Gasteiger partial charge is 0.393 e. The van der Waals surface area contributed by atoms with E-state index in [4.69, 9.17) is 0 Å². The first-order valence-electron chi connectivity index (χ1n) is 3.73. The normalized spacial score (nSPS) is 37.5. The highest BCUT2D eigenvalue weighted by atomic mass is 16.3. The molecule has 3 heteroatoms. The van der Waals surface area contributed by atoms with Gasteiger partial charge in [0.1, 0.15) is 0 Å². The van der Waals surface area contributed by atoms with Gasteiger partial charge in [-0.2, -0.15) is 0 Å².